The Hall–Kier alpha value is -3.49. The molecule has 0 bridgehead atoms. The number of amides is 1. The Morgan fingerprint density at radius 1 is 1.03 bits per heavy atom. The van der Waals surface area contributed by atoms with E-state index in [0.717, 1.165) is 24.2 Å². The third-order valence-corrected chi connectivity index (χ3v) is 7.22. The number of rotatable bonds is 9. The van der Waals surface area contributed by atoms with Crippen LogP contribution < -0.4 is 10.0 Å². The van der Waals surface area contributed by atoms with Crippen molar-refractivity contribution in [3.8, 4) is 0 Å². The molecule has 1 aliphatic heterocycles. The van der Waals surface area contributed by atoms with Gasteiger partial charge in [0.25, 0.3) is 0 Å². The van der Waals surface area contributed by atoms with Crippen LogP contribution in [0.5, 0.6) is 0 Å². The van der Waals surface area contributed by atoms with Crippen LogP contribution in [0.1, 0.15) is 29.5 Å². The van der Waals surface area contributed by atoms with E-state index in [4.69, 9.17) is 4.99 Å². The van der Waals surface area contributed by atoms with Crippen molar-refractivity contribution in [2.24, 2.45) is 4.99 Å². The largest absolute Gasteiger partial charge is 0.325 e. The SMILES string of the molecule is CCS(=O)(=O)Nc1ccc2c(c1)C(C(=Nc1ccc(CCN(C)C)cc1)c1ccccc1)C(=O)N2. The van der Waals surface area contributed by atoms with Gasteiger partial charge in [0.1, 0.15) is 5.92 Å². The highest BCUT2D eigenvalue weighted by Gasteiger charge is 2.35. The maximum atomic E-state index is 13.2. The third kappa shape index (κ3) is 5.96. The normalized spacial score (nSPS) is 15.7. The van der Waals surface area contributed by atoms with Crippen LogP contribution in [0.4, 0.5) is 17.1 Å². The molecule has 1 atom stereocenters. The average molecular weight is 491 g/mol. The van der Waals surface area contributed by atoms with Crippen molar-refractivity contribution in [2.75, 3.05) is 36.4 Å². The van der Waals surface area contributed by atoms with E-state index in [1.807, 2.05) is 56.6 Å². The third-order valence-electron chi connectivity index (χ3n) is 5.91. The van der Waals surface area contributed by atoms with Crippen molar-refractivity contribution >= 4 is 38.7 Å². The molecule has 7 nitrogen and oxygen atoms in total. The zero-order chi connectivity index (χ0) is 25.0. The van der Waals surface area contributed by atoms with Crippen molar-refractivity contribution in [1.29, 1.82) is 0 Å². The fourth-order valence-corrected chi connectivity index (χ4v) is 4.61. The first-order valence-corrected chi connectivity index (χ1v) is 13.2. The van der Waals surface area contributed by atoms with E-state index in [2.05, 4.69) is 27.1 Å². The van der Waals surface area contributed by atoms with Gasteiger partial charge < -0.3 is 10.2 Å². The fourth-order valence-electron chi connectivity index (χ4n) is 3.98. The summed E-state index contributed by atoms with van der Waals surface area (Å²) < 4.78 is 26.8. The molecule has 0 aliphatic carbocycles. The van der Waals surface area contributed by atoms with E-state index in [9.17, 15) is 13.2 Å². The second-order valence-electron chi connectivity index (χ2n) is 8.81. The molecule has 0 aromatic heterocycles. The first kappa shape index (κ1) is 24.6. The number of fused-ring (bicyclic) bond motifs is 1. The van der Waals surface area contributed by atoms with Crippen molar-refractivity contribution < 1.29 is 13.2 Å². The summed E-state index contributed by atoms with van der Waals surface area (Å²) in [4.78, 5) is 20.2. The first-order valence-electron chi connectivity index (χ1n) is 11.6. The molecule has 0 saturated heterocycles. The second kappa shape index (κ2) is 10.4. The second-order valence-corrected chi connectivity index (χ2v) is 10.8. The molecule has 8 heteroatoms. The zero-order valence-corrected chi connectivity index (χ0v) is 21.0. The topological polar surface area (TPSA) is 90.9 Å². The lowest BCUT2D eigenvalue weighted by molar-refractivity contribution is -0.115. The first-order chi connectivity index (χ1) is 16.8. The molecule has 182 valence electrons. The van der Waals surface area contributed by atoms with Crippen LogP contribution in [0.15, 0.2) is 77.8 Å². The Kier molecular flexibility index (Phi) is 7.33. The molecule has 2 N–H and O–H groups in total. The van der Waals surface area contributed by atoms with Crippen LogP contribution in [-0.2, 0) is 21.2 Å². The highest BCUT2D eigenvalue weighted by Crippen LogP contribution is 2.38. The number of likely N-dealkylation sites (N-methyl/N-ethyl adjacent to an activating group) is 1. The number of hydrogen-bond acceptors (Lipinski definition) is 5. The Morgan fingerprint density at radius 3 is 2.40 bits per heavy atom. The van der Waals surface area contributed by atoms with E-state index in [1.165, 1.54) is 5.56 Å². The number of aliphatic imine (C=N–C) groups is 1. The highest BCUT2D eigenvalue weighted by molar-refractivity contribution is 7.92. The minimum absolute atomic E-state index is 0.0358. The summed E-state index contributed by atoms with van der Waals surface area (Å²) in [6.07, 6.45) is 0.942. The summed E-state index contributed by atoms with van der Waals surface area (Å²) in [5, 5.41) is 2.92. The van der Waals surface area contributed by atoms with Crippen molar-refractivity contribution in [1.82, 2.24) is 4.90 Å². The van der Waals surface area contributed by atoms with Crippen LogP contribution >= 0.6 is 0 Å². The van der Waals surface area contributed by atoms with Crippen LogP contribution in [0.25, 0.3) is 0 Å². The number of sulfonamides is 1. The molecular formula is C27H30N4O3S. The van der Waals surface area contributed by atoms with Crippen molar-refractivity contribution in [3.63, 3.8) is 0 Å². The van der Waals surface area contributed by atoms with Gasteiger partial charge >= 0.3 is 0 Å². The summed E-state index contributed by atoms with van der Waals surface area (Å²) in [5.41, 5.74) is 5.18. The van der Waals surface area contributed by atoms with Gasteiger partial charge in [0.05, 0.1) is 17.2 Å². The molecule has 1 unspecified atom stereocenters. The molecule has 0 saturated carbocycles. The van der Waals surface area contributed by atoms with Gasteiger partial charge in [0, 0.05) is 17.9 Å². The van der Waals surface area contributed by atoms with Crippen molar-refractivity contribution in [2.45, 2.75) is 19.3 Å². The van der Waals surface area contributed by atoms with E-state index in [-0.39, 0.29) is 11.7 Å². The molecule has 0 spiro atoms. The quantitative estimate of drug-likeness (QED) is 0.435. The molecule has 3 aromatic rings. The van der Waals surface area contributed by atoms with Gasteiger partial charge in [-0.15, -0.1) is 0 Å². The molecule has 35 heavy (non-hydrogen) atoms. The number of benzene rings is 3. The highest BCUT2D eigenvalue weighted by atomic mass is 32.2. The minimum atomic E-state index is -3.44. The molecule has 1 heterocycles. The van der Waals surface area contributed by atoms with Gasteiger partial charge in [-0.1, -0.05) is 42.5 Å². The molecule has 0 radical (unpaired) electrons. The van der Waals surface area contributed by atoms with Gasteiger partial charge in [-0.05, 0) is 74.5 Å². The maximum absolute atomic E-state index is 13.2. The van der Waals surface area contributed by atoms with Crippen LogP contribution in [-0.4, -0.2) is 51.3 Å². The Labute approximate surface area is 207 Å². The van der Waals surface area contributed by atoms with Crippen LogP contribution in [0.2, 0.25) is 0 Å². The van der Waals surface area contributed by atoms with E-state index in [1.54, 1.807) is 25.1 Å². The predicted molar refractivity (Wildman–Crippen MR) is 142 cm³/mol. The number of carbonyl (C=O) groups is 1. The summed E-state index contributed by atoms with van der Waals surface area (Å²) in [7, 11) is 0.654. The Balaban J connectivity index is 1.74. The lowest BCUT2D eigenvalue weighted by Gasteiger charge is -2.15. The van der Waals surface area contributed by atoms with E-state index < -0.39 is 15.9 Å². The molecule has 4 rings (SSSR count). The number of anilines is 2. The van der Waals surface area contributed by atoms with Gasteiger partial charge in [0.15, 0.2) is 0 Å². The smallest absolute Gasteiger partial charge is 0.238 e. The standard InChI is InChI=1S/C27H30N4O3S/c1-4-35(33,34)30-22-14-15-24-23(18-22)25(27(32)29-24)26(20-8-6-5-7-9-20)28-21-12-10-19(11-13-21)16-17-31(2)3/h5-15,18,25,30H,4,16-17H2,1-3H3,(H,29,32). The number of carbonyl (C=O) groups excluding carboxylic acids is 1. The monoisotopic (exact) mass is 490 g/mol. The molecule has 0 fully saturated rings. The average Bonchev–Trinajstić information content (AvgIpc) is 3.17. The Bertz CT molecular complexity index is 1330. The van der Waals surface area contributed by atoms with Crippen molar-refractivity contribution in [3.05, 3.63) is 89.5 Å². The minimum Gasteiger partial charge on any atom is -0.325 e. The lowest BCUT2D eigenvalue weighted by atomic mass is 9.90. The van der Waals surface area contributed by atoms with Gasteiger partial charge in [-0.25, -0.2) is 8.42 Å². The predicted octanol–water partition coefficient (Wildman–Crippen LogP) is 4.41. The van der Waals surface area contributed by atoms with E-state index >= 15 is 0 Å². The molecule has 1 aliphatic rings. The van der Waals surface area contributed by atoms with Gasteiger partial charge in [-0.2, -0.15) is 0 Å². The van der Waals surface area contributed by atoms with Crippen LogP contribution in [0, 0.1) is 0 Å². The molecule has 1 amide bonds. The molecule has 3 aromatic carbocycles. The fraction of sp³-hybridized carbons (Fsp3) is 0.259. The number of hydrogen-bond donors (Lipinski definition) is 2. The number of nitrogens with zero attached hydrogens (tertiary/aromatic N) is 2. The Morgan fingerprint density at radius 2 is 1.74 bits per heavy atom. The summed E-state index contributed by atoms with van der Waals surface area (Å²) >= 11 is 0. The summed E-state index contributed by atoms with van der Waals surface area (Å²) in [6, 6.07) is 22.7. The molecular weight excluding hydrogens is 460 g/mol. The lowest BCUT2D eigenvalue weighted by Crippen LogP contribution is -2.22. The number of nitrogens with one attached hydrogen (secondary N) is 2. The van der Waals surface area contributed by atoms with Gasteiger partial charge in [-0.3, -0.25) is 14.5 Å². The maximum Gasteiger partial charge on any atom is 0.238 e. The summed E-state index contributed by atoms with van der Waals surface area (Å²) in [6.45, 7) is 2.54. The zero-order valence-electron chi connectivity index (χ0n) is 20.2. The van der Waals surface area contributed by atoms with Crippen LogP contribution in [0.3, 0.4) is 0 Å². The van der Waals surface area contributed by atoms with E-state index in [0.29, 0.717) is 22.6 Å². The van der Waals surface area contributed by atoms with Gasteiger partial charge in [0.2, 0.25) is 15.9 Å². The summed E-state index contributed by atoms with van der Waals surface area (Å²) in [5.74, 6) is -0.904.